The van der Waals surface area contributed by atoms with Crippen molar-refractivity contribution in [3.63, 3.8) is 0 Å². The van der Waals surface area contributed by atoms with E-state index in [2.05, 4.69) is 4.74 Å². The summed E-state index contributed by atoms with van der Waals surface area (Å²) >= 11 is 5.91. The first-order valence-electron chi connectivity index (χ1n) is 5.59. The molecule has 0 atom stereocenters. The highest BCUT2D eigenvalue weighted by molar-refractivity contribution is 6.36. The molecule has 0 aliphatic rings. The van der Waals surface area contributed by atoms with Crippen molar-refractivity contribution in [3.05, 3.63) is 28.8 Å². The van der Waals surface area contributed by atoms with Crippen LogP contribution in [0.15, 0.2) is 18.2 Å². The van der Waals surface area contributed by atoms with E-state index in [0.29, 0.717) is 5.69 Å². The van der Waals surface area contributed by atoms with Crippen LogP contribution in [-0.2, 0) is 14.3 Å². The molecule has 1 aromatic carbocycles. The lowest BCUT2D eigenvalue weighted by atomic mass is 9.95. The minimum Gasteiger partial charge on any atom is -0.469 e. The van der Waals surface area contributed by atoms with Gasteiger partial charge in [-0.05, 0) is 26.0 Å². The minimum absolute atomic E-state index is 0.108. The number of benzene rings is 1. The van der Waals surface area contributed by atoms with Gasteiger partial charge in [0.05, 0.1) is 28.8 Å². The molecule has 0 fully saturated rings. The molecule has 0 aliphatic carbocycles. The van der Waals surface area contributed by atoms with Gasteiger partial charge in [-0.25, -0.2) is 4.79 Å². The summed E-state index contributed by atoms with van der Waals surface area (Å²) in [7, 11) is 1.28. The predicted molar refractivity (Wildman–Crippen MR) is 71.9 cm³/mol. The second-order valence-electron chi connectivity index (χ2n) is 4.66. The van der Waals surface area contributed by atoms with E-state index in [1.54, 1.807) is 26.0 Å². The maximum atomic E-state index is 11.9. The van der Waals surface area contributed by atoms with Crippen LogP contribution in [0.5, 0.6) is 0 Å². The average Bonchev–Trinajstić information content (AvgIpc) is 2.38. The Morgan fingerprint density at radius 1 is 1.37 bits per heavy atom. The van der Waals surface area contributed by atoms with Crippen molar-refractivity contribution in [2.75, 3.05) is 19.5 Å². The van der Waals surface area contributed by atoms with Crippen LogP contribution in [0, 0.1) is 5.41 Å². The molecule has 0 aliphatic heterocycles. The first-order chi connectivity index (χ1) is 8.79. The van der Waals surface area contributed by atoms with Crippen LogP contribution >= 0.6 is 11.6 Å². The largest absolute Gasteiger partial charge is 0.469 e. The zero-order valence-electron chi connectivity index (χ0n) is 11.0. The topological polar surface area (TPSA) is 78.6 Å². The maximum Gasteiger partial charge on any atom is 0.339 e. The van der Waals surface area contributed by atoms with Gasteiger partial charge in [-0.3, -0.25) is 4.79 Å². The molecule has 1 rings (SSSR count). The van der Waals surface area contributed by atoms with E-state index < -0.39 is 17.4 Å². The summed E-state index contributed by atoms with van der Waals surface area (Å²) in [6, 6.07) is 4.69. The van der Waals surface area contributed by atoms with Gasteiger partial charge in [-0.1, -0.05) is 17.7 Å². The molecule has 6 heteroatoms. The normalized spacial score (nSPS) is 10.9. The van der Waals surface area contributed by atoms with Crippen LogP contribution in [-0.4, -0.2) is 25.7 Å². The third kappa shape index (κ3) is 3.61. The van der Waals surface area contributed by atoms with E-state index in [-0.39, 0.29) is 17.2 Å². The van der Waals surface area contributed by atoms with Crippen molar-refractivity contribution in [1.29, 1.82) is 0 Å². The van der Waals surface area contributed by atoms with E-state index in [1.807, 2.05) is 0 Å². The number of rotatable bonds is 4. The van der Waals surface area contributed by atoms with Gasteiger partial charge in [0.15, 0.2) is 0 Å². The highest BCUT2D eigenvalue weighted by Crippen LogP contribution is 2.25. The number of halogens is 1. The second-order valence-corrected chi connectivity index (χ2v) is 5.04. The van der Waals surface area contributed by atoms with Crippen molar-refractivity contribution >= 4 is 29.2 Å². The smallest absolute Gasteiger partial charge is 0.339 e. The van der Waals surface area contributed by atoms with E-state index in [4.69, 9.17) is 22.1 Å². The SMILES string of the molecule is COC(=O)C(C)(C)COC(=O)c1cccc(N)c1Cl. The van der Waals surface area contributed by atoms with E-state index in [1.165, 1.54) is 13.2 Å². The molecule has 0 heterocycles. The minimum atomic E-state index is -0.919. The number of esters is 2. The fourth-order valence-corrected chi connectivity index (χ4v) is 1.57. The van der Waals surface area contributed by atoms with Crippen molar-refractivity contribution in [2.45, 2.75) is 13.8 Å². The number of methoxy groups -OCH3 is 1. The van der Waals surface area contributed by atoms with E-state index in [0.717, 1.165) is 0 Å². The third-order valence-electron chi connectivity index (χ3n) is 2.55. The van der Waals surface area contributed by atoms with Crippen molar-refractivity contribution in [2.24, 2.45) is 5.41 Å². The van der Waals surface area contributed by atoms with Gasteiger partial charge in [-0.2, -0.15) is 0 Å². The van der Waals surface area contributed by atoms with E-state index in [9.17, 15) is 9.59 Å². The molecule has 0 aromatic heterocycles. The Morgan fingerprint density at radius 2 is 2.00 bits per heavy atom. The van der Waals surface area contributed by atoms with Crippen LogP contribution in [0.2, 0.25) is 5.02 Å². The molecule has 1 aromatic rings. The highest BCUT2D eigenvalue weighted by atomic mass is 35.5. The summed E-state index contributed by atoms with van der Waals surface area (Å²) in [5, 5.41) is 0.142. The van der Waals surface area contributed by atoms with Crippen molar-refractivity contribution in [3.8, 4) is 0 Å². The molecule has 0 radical (unpaired) electrons. The van der Waals surface area contributed by atoms with Crippen molar-refractivity contribution < 1.29 is 19.1 Å². The summed E-state index contributed by atoms with van der Waals surface area (Å²) < 4.78 is 9.69. The first kappa shape index (κ1) is 15.3. The molecule has 19 heavy (non-hydrogen) atoms. The standard InChI is InChI=1S/C13H16ClNO4/c1-13(2,12(17)18-3)7-19-11(16)8-5-4-6-9(15)10(8)14/h4-6H,7,15H2,1-3H3. The zero-order chi connectivity index (χ0) is 14.6. The van der Waals surface area contributed by atoms with Gasteiger partial charge in [0.2, 0.25) is 0 Å². The Labute approximate surface area is 116 Å². The second kappa shape index (κ2) is 5.93. The maximum absolute atomic E-state index is 11.9. The van der Waals surface area contributed by atoms with Crippen LogP contribution in [0.4, 0.5) is 5.69 Å². The zero-order valence-corrected chi connectivity index (χ0v) is 11.8. The average molecular weight is 286 g/mol. The summed E-state index contributed by atoms with van der Waals surface area (Å²) in [6.45, 7) is 3.13. The molecule has 0 bridgehead atoms. The first-order valence-corrected chi connectivity index (χ1v) is 5.97. The number of hydrogen-bond acceptors (Lipinski definition) is 5. The summed E-state index contributed by atoms with van der Waals surface area (Å²) in [5.74, 6) is -1.09. The fourth-order valence-electron chi connectivity index (χ4n) is 1.37. The van der Waals surface area contributed by atoms with Crippen LogP contribution in [0.25, 0.3) is 0 Å². The molecule has 0 unspecified atom stereocenters. The molecule has 2 N–H and O–H groups in total. The molecule has 0 spiro atoms. The predicted octanol–water partition coefficient (Wildman–Crippen LogP) is 2.28. The monoisotopic (exact) mass is 285 g/mol. The lowest BCUT2D eigenvalue weighted by Gasteiger charge is -2.21. The Balaban J connectivity index is 2.76. The Morgan fingerprint density at radius 3 is 2.58 bits per heavy atom. The van der Waals surface area contributed by atoms with Gasteiger partial charge in [-0.15, -0.1) is 0 Å². The number of carbonyl (C=O) groups is 2. The van der Waals surface area contributed by atoms with Crippen molar-refractivity contribution in [1.82, 2.24) is 0 Å². The molecular formula is C13H16ClNO4. The summed E-state index contributed by atoms with van der Waals surface area (Å²) in [4.78, 5) is 23.3. The molecule has 104 valence electrons. The third-order valence-corrected chi connectivity index (χ3v) is 2.97. The Bertz CT molecular complexity index is 499. The Hall–Kier alpha value is -1.75. The highest BCUT2D eigenvalue weighted by Gasteiger charge is 2.31. The summed E-state index contributed by atoms with van der Waals surface area (Å²) in [5.41, 5.74) is 5.14. The molecule has 0 saturated heterocycles. The number of nitrogen functional groups attached to an aromatic ring is 1. The molecule has 5 nitrogen and oxygen atoms in total. The van der Waals surface area contributed by atoms with E-state index >= 15 is 0 Å². The quantitative estimate of drug-likeness (QED) is 0.678. The van der Waals surface area contributed by atoms with Crippen LogP contribution in [0.1, 0.15) is 24.2 Å². The molecule has 0 amide bonds. The van der Waals surface area contributed by atoms with Gasteiger partial charge in [0, 0.05) is 0 Å². The molecule has 0 saturated carbocycles. The van der Waals surface area contributed by atoms with Gasteiger partial charge in [0.1, 0.15) is 6.61 Å². The van der Waals surface area contributed by atoms with Gasteiger partial charge < -0.3 is 15.2 Å². The lowest BCUT2D eigenvalue weighted by Crippen LogP contribution is -2.32. The number of nitrogens with two attached hydrogens (primary N) is 1. The van der Waals surface area contributed by atoms with Gasteiger partial charge >= 0.3 is 11.9 Å². The van der Waals surface area contributed by atoms with Gasteiger partial charge in [0.25, 0.3) is 0 Å². The number of ether oxygens (including phenoxy) is 2. The Kier molecular flexibility index (Phi) is 4.78. The number of carbonyl (C=O) groups excluding carboxylic acids is 2. The summed E-state index contributed by atoms with van der Waals surface area (Å²) in [6.07, 6.45) is 0. The van der Waals surface area contributed by atoms with Crippen LogP contribution in [0.3, 0.4) is 0 Å². The lowest BCUT2D eigenvalue weighted by molar-refractivity contribution is -0.152. The molecular weight excluding hydrogens is 270 g/mol. The number of hydrogen-bond donors (Lipinski definition) is 1. The fraction of sp³-hybridized carbons (Fsp3) is 0.385. The van der Waals surface area contributed by atoms with Crippen LogP contribution < -0.4 is 5.73 Å². The number of anilines is 1.